The predicted octanol–water partition coefficient (Wildman–Crippen LogP) is 3.52. The van der Waals surface area contributed by atoms with Crippen molar-refractivity contribution in [3.05, 3.63) is 35.9 Å². The van der Waals surface area contributed by atoms with Crippen LogP contribution < -0.4 is 5.32 Å². The Morgan fingerprint density at radius 1 is 1.24 bits per heavy atom. The largest absolute Gasteiger partial charge is 0.455 e. The Kier molecular flexibility index (Phi) is 8.69. The number of hydrogen-bond acceptors (Lipinski definition) is 7. The first-order chi connectivity index (χ1) is 13.8. The Hall–Kier alpha value is -1.88. The summed E-state index contributed by atoms with van der Waals surface area (Å²) in [5.74, 6) is -1.98. The van der Waals surface area contributed by atoms with Crippen LogP contribution in [0, 0.1) is 11.8 Å². The van der Waals surface area contributed by atoms with E-state index in [1.165, 1.54) is 0 Å². The van der Waals surface area contributed by atoms with Gasteiger partial charge in [0.1, 0.15) is 17.3 Å². The molecule has 4 atom stereocenters. The third-order valence-electron chi connectivity index (χ3n) is 5.16. The average Bonchev–Trinajstić information content (AvgIpc) is 3.02. The first-order valence-electron chi connectivity index (χ1n) is 9.44. The van der Waals surface area contributed by atoms with Crippen molar-refractivity contribution in [3.8, 4) is 0 Å². The van der Waals surface area contributed by atoms with E-state index in [4.69, 9.17) is 19.2 Å². The fraction of sp³-hybridized carbons (Fsp3) is 0.550. The van der Waals surface area contributed by atoms with Gasteiger partial charge in [-0.15, -0.1) is 0 Å². The molecule has 0 saturated carbocycles. The van der Waals surface area contributed by atoms with Crippen LogP contribution in [0.25, 0.3) is 0 Å². The molecule has 29 heavy (non-hydrogen) atoms. The topological polar surface area (TPSA) is 100 Å². The van der Waals surface area contributed by atoms with Gasteiger partial charge in [-0.2, -0.15) is 4.89 Å². The van der Waals surface area contributed by atoms with Gasteiger partial charge in [0.15, 0.2) is 5.54 Å². The lowest BCUT2D eigenvalue weighted by molar-refractivity contribution is -0.264. The Balaban J connectivity index is 2.15. The standard InChI is InChI=1S/C20H26INO7/c1-4-14(3)20(22-19(25)26-11-15-8-6-5-7-9-15)16(28-29-18(20)24)10-13(2)17(23)27-12-21/h5-9,13-14,16H,4,10-12H2,1-3H3,(H,22,25)/t13?,14?,16?,20-/m1/s1. The van der Waals surface area contributed by atoms with Crippen LogP contribution in [0.5, 0.6) is 0 Å². The SMILES string of the molecule is CCC(C)[C@]1(NC(=O)OCc2ccccc2)C(=O)OOC1CC(C)C(=O)OCI. The lowest BCUT2D eigenvalue weighted by Crippen LogP contribution is -2.63. The Labute approximate surface area is 183 Å². The number of rotatable bonds is 9. The van der Waals surface area contributed by atoms with Crippen LogP contribution in [0.4, 0.5) is 4.79 Å². The quantitative estimate of drug-likeness (QED) is 0.231. The van der Waals surface area contributed by atoms with Crippen molar-refractivity contribution in [2.45, 2.75) is 51.9 Å². The van der Waals surface area contributed by atoms with Crippen molar-refractivity contribution in [1.82, 2.24) is 5.32 Å². The minimum Gasteiger partial charge on any atom is -0.455 e. The van der Waals surface area contributed by atoms with Gasteiger partial charge in [-0.05, 0) is 40.5 Å². The molecule has 1 saturated heterocycles. The first kappa shape index (κ1) is 23.4. The summed E-state index contributed by atoms with van der Waals surface area (Å²) in [6.07, 6.45) is -0.902. The molecule has 3 unspecified atom stereocenters. The Morgan fingerprint density at radius 2 is 1.93 bits per heavy atom. The molecule has 160 valence electrons. The molecule has 1 N–H and O–H groups in total. The van der Waals surface area contributed by atoms with E-state index >= 15 is 0 Å². The van der Waals surface area contributed by atoms with E-state index in [2.05, 4.69) is 5.32 Å². The smallest absolute Gasteiger partial charge is 0.408 e. The maximum absolute atomic E-state index is 12.7. The summed E-state index contributed by atoms with van der Waals surface area (Å²) in [5.41, 5.74) is -0.640. The van der Waals surface area contributed by atoms with Crippen molar-refractivity contribution < 1.29 is 33.6 Å². The number of benzene rings is 1. The molecule has 1 aliphatic heterocycles. The molecule has 1 aromatic carbocycles. The second-order valence-corrected chi connectivity index (χ2v) is 7.65. The molecule has 0 spiro atoms. The lowest BCUT2D eigenvalue weighted by atomic mass is 9.76. The van der Waals surface area contributed by atoms with E-state index in [1.807, 2.05) is 66.8 Å². The van der Waals surface area contributed by atoms with E-state index in [1.54, 1.807) is 6.92 Å². The molecule has 0 aromatic heterocycles. The number of alkyl halides is 1. The number of hydrogen-bond donors (Lipinski definition) is 1. The van der Waals surface area contributed by atoms with Crippen LogP contribution in [0.3, 0.4) is 0 Å². The second kappa shape index (κ2) is 10.8. The highest BCUT2D eigenvalue weighted by molar-refractivity contribution is 14.1. The number of ether oxygens (including phenoxy) is 2. The fourth-order valence-corrected chi connectivity index (χ4v) is 3.55. The molecule has 1 amide bonds. The summed E-state index contributed by atoms with van der Waals surface area (Å²) in [4.78, 5) is 47.3. The van der Waals surface area contributed by atoms with E-state index in [0.717, 1.165) is 5.56 Å². The van der Waals surface area contributed by atoms with Crippen LogP contribution in [-0.2, 0) is 35.4 Å². The van der Waals surface area contributed by atoms with Gasteiger partial charge in [-0.25, -0.2) is 9.59 Å². The number of amides is 1. The number of halogens is 1. The van der Waals surface area contributed by atoms with Crippen LogP contribution in [-0.4, -0.2) is 34.3 Å². The highest BCUT2D eigenvalue weighted by Gasteiger charge is 2.59. The minimum atomic E-state index is -1.46. The summed E-state index contributed by atoms with van der Waals surface area (Å²) < 4.78 is 10.5. The summed E-state index contributed by atoms with van der Waals surface area (Å²) in [6.45, 7) is 5.44. The highest BCUT2D eigenvalue weighted by Crippen LogP contribution is 2.37. The number of nitrogens with one attached hydrogen (secondary N) is 1. The fourth-order valence-electron chi connectivity index (χ4n) is 3.24. The van der Waals surface area contributed by atoms with Crippen LogP contribution in [0.15, 0.2) is 30.3 Å². The zero-order valence-corrected chi connectivity index (χ0v) is 18.8. The first-order valence-corrected chi connectivity index (χ1v) is 11.0. The van der Waals surface area contributed by atoms with E-state index in [-0.39, 0.29) is 23.6 Å². The van der Waals surface area contributed by atoms with Gasteiger partial charge in [-0.1, -0.05) is 57.5 Å². The monoisotopic (exact) mass is 519 g/mol. The molecule has 0 bridgehead atoms. The van der Waals surface area contributed by atoms with Gasteiger partial charge in [0.25, 0.3) is 0 Å². The van der Waals surface area contributed by atoms with Gasteiger partial charge in [0.2, 0.25) is 0 Å². The number of carbonyl (C=O) groups excluding carboxylic acids is 3. The third-order valence-corrected chi connectivity index (χ3v) is 5.48. The predicted molar refractivity (Wildman–Crippen MR) is 112 cm³/mol. The molecular formula is C20H26INO7. The van der Waals surface area contributed by atoms with Gasteiger partial charge >= 0.3 is 18.0 Å². The lowest BCUT2D eigenvalue weighted by Gasteiger charge is -2.35. The van der Waals surface area contributed by atoms with Crippen molar-refractivity contribution in [1.29, 1.82) is 0 Å². The molecule has 8 nitrogen and oxygen atoms in total. The van der Waals surface area contributed by atoms with E-state index < -0.39 is 35.6 Å². The third kappa shape index (κ3) is 5.59. The van der Waals surface area contributed by atoms with E-state index in [9.17, 15) is 14.4 Å². The van der Waals surface area contributed by atoms with Crippen LogP contribution >= 0.6 is 22.6 Å². The molecule has 9 heteroatoms. The molecule has 1 aromatic rings. The number of esters is 1. The Bertz CT molecular complexity index is 714. The Morgan fingerprint density at radius 3 is 2.55 bits per heavy atom. The maximum atomic E-state index is 12.7. The van der Waals surface area contributed by atoms with Crippen LogP contribution in [0.2, 0.25) is 0 Å². The summed E-state index contributed by atoms with van der Waals surface area (Å²) in [7, 11) is 0. The van der Waals surface area contributed by atoms with Crippen molar-refractivity contribution in [3.63, 3.8) is 0 Å². The van der Waals surface area contributed by atoms with Gasteiger partial charge in [-0.3, -0.25) is 9.68 Å². The molecular weight excluding hydrogens is 493 g/mol. The zero-order chi connectivity index (χ0) is 21.4. The van der Waals surface area contributed by atoms with Gasteiger partial charge in [0.05, 0.1) is 5.92 Å². The zero-order valence-electron chi connectivity index (χ0n) is 16.7. The van der Waals surface area contributed by atoms with Crippen LogP contribution in [0.1, 0.15) is 39.2 Å². The molecule has 1 heterocycles. The number of carbonyl (C=O) groups is 3. The van der Waals surface area contributed by atoms with Gasteiger partial charge in [0, 0.05) is 0 Å². The summed E-state index contributed by atoms with van der Waals surface area (Å²) >= 11 is 1.93. The van der Waals surface area contributed by atoms with Crippen molar-refractivity contribution >= 4 is 40.6 Å². The highest BCUT2D eigenvalue weighted by atomic mass is 127. The van der Waals surface area contributed by atoms with Crippen molar-refractivity contribution in [2.75, 3.05) is 4.61 Å². The minimum absolute atomic E-state index is 0.0578. The summed E-state index contributed by atoms with van der Waals surface area (Å²) in [6, 6.07) is 9.20. The normalized spacial score (nSPS) is 23.0. The summed E-state index contributed by atoms with van der Waals surface area (Å²) in [5, 5.41) is 2.68. The molecule has 1 aliphatic rings. The van der Waals surface area contributed by atoms with Gasteiger partial charge < -0.3 is 14.8 Å². The molecule has 0 radical (unpaired) electrons. The molecule has 2 rings (SSSR count). The van der Waals surface area contributed by atoms with Crippen molar-refractivity contribution in [2.24, 2.45) is 11.8 Å². The maximum Gasteiger partial charge on any atom is 0.408 e. The molecule has 0 aliphatic carbocycles. The number of alkyl carbamates (subject to hydrolysis) is 1. The molecule has 1 fully saturated rings. The second-order valence-electron chi connectivity index (χ2n) is 7.03. The van der Waals surface area contributed by atoms with E-state index in [0.29, 0.717) is 6.42 Å². The average molecular weight is 519 g/mol.